The van der Waals surface area contributed by atoms with E-state index in [1.807, 2.05) is 0 Å². The van der Waals surface area contributed by atoms with E-state index >= 15 is 0 Å². The molecule has 0 aliphatic heterocycles. The van der Waals surface area contributed by atoms with Gasteiger partial charge in [0.05, 0.1) is 6.61 Å². The Labute approximate surface area is 118 Å². The topological polar surface area (TPSA) is 118 Å². The summed E-state index contributed by atoms with van der Waals surface area (Å²) >= 11 is 0. The molecule has 13 heavy (non-hydrogen) atoms. The Morgan fingerprint density at radius 1 is 1.15 bits per heavy atom. The Bertz CT molecular complexity index is 152. The van der Waals surface area contributed by atoms with Crippen molar-refractivity contribution in [2.75, 3.05) is 6.61 Å². The van der Waals surface area contributed by atoms with Crippen molar-refractivity contribution in [1.29, 1.82) is 0 Å². The van der Waals surface area contributed by atoms with E-state index in [0.29, 0.717) is 0 Å². The van der Waals surface area contributed by atoms with Crippen molar-refractivity contribution >= 4 is 55.2 Å². The summed E-state index contributed by atoms with van der Waals surface area (Å²) in [5.74, 6) is 0. The number of aliphatic hydroxyl groups is 5. The van der Waals surface area contributed by atoms with Gasteiger partial charge in [-0.1, -0.05) is 0 Å². The van der Waals surface area contributed by atoms with E-state index < -0.39 is 31.0 Å². The van der Waals surface area contributed by atoms with Crippen molar-refractivity contribution < 1.29 is 33.2 Å². The zero-order chi connectivity index (χ0) is 9.72. The molecular weight excluding hydrogens is 305 g/mol. The van der Waals surface area contributed by atoms with Crippen LogP contribution in [0.1, 0.15) is 2.85 Å². The minimum Gasteiger partial charge on any atom is -1.00 e. The largest absolute Gasteiger partial charge is 2.00 e. The molecule has 0 aliphatic rings. The van der Waals surface area contributed by atoms with E-state index in [4.69, 9.17) is 25.5 Å². The fourth-order valence-electron chi connectivity index (χ4n) is 0.618. The molecule has 7 heteroatoms. The Morgan fingerprint density at radius 2 is 1.62 bits per heavy atom. The SMILES string of the molecule is O=CC(O)C(O)C(O)C(O)CO.[Ba+2].[H-].[H-]. The molecule has 0 bridgehead atoms. The van der Waals surface area contributed by atoms with Gasteiger partial charge in [0.25, 0.3) is 0 Å². The average Bonchev–Trinajstić information content (AvgIpc) is 2.12. The van der Waals surface area contributed by atoms with Crippen LogP contribution in [0.25, 0.3) is 0 Å². The molecule has 0 fully saturated rings. The third kappa shape index (κ3) is 5.47. The normalized spacial score (nSPS) is 19.5. The average molecular weight is 319 g/mol. The maximum Gasteiger partial charge on any atom is 2.00 e. The van der Waals surface area contributed by atoms with Gasteiger partial charge in [0.2, 0.25) is 0 Å². The third-order valence-corrected chi connectivity index (χ3v) is 1.42. The Hall–Kier alpha value is 1.04. The maximum absolute atomic E-state index is 9.90. The summed E-state index contributed by atoms with van der Waals surface area (Å²) in [4.78, 5) is 9.90. The van der Waals surface area contributed by atoms with Crippen LogP contribution in [0.15, 0.2) is 0 Å². The smallest absolute Gasteiger partial charge is 1.00 e. The fraction of sp³-hybridized carbons (Fsp3) is 0.833. The first kappa shape index (κ1) is 16.5. The molecule has 0 aliphatic carbocycles. The molecule has 6 nitrogen and oxygen atoms in total. The monoisotopic (exact) mass is 320 g/mol. The molecule has 0 saturated heterocycles. The van der Waals surface area contributed by atoms with Crippen LogP contribution in [0, 0.1) is 0 Å². The van der Waals surface area contributed by atoms with E-state index in [9.17, 15) is 4.79 Å². The van der Waals surface area contributed by atoms with Crippen LogP contribution >= 0.6 is 0 Å². The van der Waals surface area contributed by atoms with Gasteiger partial charge in [0.1, 0.15) is 24.4 Å². The van der Waals surface area contributed by atoms with Gasteiger partial charge in [-0.3, -0.25) is 0 Å². The number of aldehydes is 1. The first-order chi connectivity index (χ1) is 5.54. The quantitative estimate of drug-likeness (QED) is 0.265. The van der Waals surface area contributed by atoms with E-state index in [2.05, 4.69) is 0 Å². The van der Waals surface area contributed by atoms with Crippen molar-refractivity contribution in [3.8, 4) is 0 Å². The Morgan fingerprint density at radius 3 is 1.92 bits per heavy atom. The molecule has 0 amide bonds. The second kappa shape index (κ2) is 8.36. The van der Waals surface area contributed by atoms with Crippen LogP contribution in [0.2, 0.25) is 0 Å². The van der Waals surface area contributed by atoms with Crippen LogP contribution in [-0.2, 0) is 4.79 Å². The van der Waals surface area contributed by atoms with E-state index in [1.165, 1.54) is 0 Å². The summed E-state index contributed by atoms with van der Waals surface area (Å²) in [6.45, 7) is -0.760. The van der Waals surface area contributed by atoms with Crippen LogP contribution in [-0.4, -0.2) is 112 Å². The minimum atomic E-state index is -1.79. The summed E-state index contributed by atoms with van der Waals surface area (Å²) in [5, 5.41) is 43.5. The standard InChI is InChI=1S/C6H12O6.Ba.2H/c7-1-3(9)5(11)6(12)4(10)2-8;;;/h1,3-6,8-12H,2H2;;;/q;+2;2*-1. The Balaban J connectivity index is -0.000000202. The van der Waals surface area contributed by atoms with Crippen LogP contribution in [0.4, 0.5) is 0 Å². The van der Waals surface area contributed by atoms with Gasteiger partial charge in [0, 0.05) is 0 Å². The molecule has 0 saturated carbocycles. The summed E-state index contributed by atoms with van der Waals surface area (Å²) in [6, 6.07) is 0. The van der Waals surface area contributed by atoms with Crippen LogP contribution < -0.4 is 0 Å². The zero-order valence-electron chi connectivity index (χ0n) is 8.95. The Kier molecular flexibility index (Phi) is 10.6. The summed E-state index contributed by atoms with van der Waals surface area (Å²) in [7, 11) is 0. The van der Waals surface area contributed by atoms with Gasteiger partial charge in [0.15, 0.2) is 6.29 Å². The van der Waals surface area contributed by atoms with Crippen LogP contribution in [0.5, 0.6) is 0 Å². The van der Waals surface area contributed by atoms with Gasteiger partial charge in [-0.25, -0.2) is 0 Å². The first-order valence-corrected chi connectivity index (χ1v) is 3.33. The van der Waals surface area contributed by atoms with Crippen molar-refractivity contribution in [1.82, 2.24) is 0 Å². The number of carbonyl (C=O) groups is 1. The van der Waals surface area contributed by atoms with Gasteiger partial charge >= 0.3 is 48.9 Å². The molecule has 0 rings (SSSR count). The fourth-order valence-corrected chi connectivity index (χ4v) is 0.618. The summed E-state index contributed by atoms with van der Waals surface area (Å²) < 4.78 is 0. The second-order valence-corrected chi connectivity index (χ2v) is 2.36. The number of hydrogen-bond donors (Lipinski definition) is 5. The maximum atomic E-state index is 9.90. The van der Waals surface area contributed by atoms with Crippen LogP contribution in [0.3, 0.4) is 0 Å². The van der Waals surface area contributed by atoms with Gasteiger partial charge in [-0.15, -0.1) is 0 Å². The zero-order valence-corrected chi connectivity index (χ0v) is 11.4. The van der Waals surface area contributed by atoms with E-state index in [1.54, 1.807) is 0 Å². The van der Waals surface area contributed by atoms with Gasteiger partial charge in [-0.05, 0) is 0 Å². The van der Waals surface area contributed by atoms with E-state index in [-0.39, 0.29) is 58.0 Å². The number of hydrogen-bond acceptors (Lipinski definition) is 6. The molecule has 0 radical (unpaired) electrons. The van der Waals surface area contributed by atoms with Gasteiger partial charge in [-0.2, -0.15) is 0 Å². The van der Waals surface area contributed by atoms with Crippen molar-refractivity contribution in [3.63, 3.8) is 0 Å². The molecule has 4 unspecified atom stereocenters. The molecule has 5 N–H and O–H groups in total. The molecule has 0 heterocycles. The molecule has 0 aromatic carbocycles. The predicted molar refractivity (Wildman–Crippen MR) is 45.2 cm³/mol. The van der Waals surface area contributed by atoms with Crippen molar-refractivity contribution in [2.45, 2.75) is 24.4 Å². The van der Waals surface area contributed by atoms with Gasteiger partial charge < -0.3 is 33.2 Å². The molecule has 0 spiro atoms. The summed E-state index contributed by atoms with van der Waals surface area (Å²) in [6.07, 6.45) is -6.84. The number of aliphatic hydroxyl groups excluding tert-OH is 5. The molecule has 0 aromatic heterocycles. The summed E-state index contributed by atoms with van der Waals surface area (Å²) in [5.41, 5.74) is 0. The van der Waals surface area contributed by atoms with E-state index in [0.717, 1.165) is 0 Å². The molecule has 76 valence electrons. The second-order valence-electron chi connectivity index (χ2n) is 2.36. The third-order valence-electron chi connectivity index (χ3n) is 1.42. The number of rotatable bonds is 5. The predicted octanol–water partition coefficient (Wildman–Crippen LogP) is -3.53. The van der Waals surface area contributed by atoms with Crippen molar-refractivity contribution in [2.24, 2.45) is 0 Å². The molecular formula is C6H14BaO6. The molecule has 0 aromatic rings. The minimum absolute atomic E-state index is 0. The first-order valence-electron chi connectivity index (χ1n) is 3.33. The van der Waals surface area contributed by atoms with Crippen molar-refractivity contribution in [3.05, 3.63) is 0 Å². The molecule has 4 atom stereocenters. The number of carbonyl (C=O) groups excluding carboxylic acids is 1.